The molecule has 2 atom stereocenters. The van der Waals surface area contributed by atoms with Gasteiger partial charge in [-0.25, -0.2) is 0 Å². The van der Waals surface area contributed by atoms with Gasteiger partial charge in [0, 0.05) is 30.8 Å². The third kappa shape index (κ3) is 4.52. The van der Waals surface area contributed by atoms with Crippen LogP contribution in [0.15, 0.2) is 36.4 Å². The monoisotopic (exact) mass is 394 g/mol. The first-order chi connectivity index (χ1) is 14.0. The van der Waals surface area contributed by atoms with E-state index < -0.39 is 6.10 Å². The fourth-order valence-electron chi connectivity index (χ4n) is 3.78. The van der Waals surface area contributed by atoms with Gasteiger partial charge in [-0.3, -0.25) is 4.79 Å². The highest BCUT2D eigenvalue weighted by Gasteiger charge is 2.47. The molecule has 152 valence electrons. The molecule has 29 heavy (non-hydrogen) atoms. The summed E-state index contributed by atoms with van der Waals surface area (Å²) in [6.45, 7) is 7.27. The zero-order valence-corrected chi connectivity index (χ0v) is 16.9. The van der Waals surface area contributed by atoms with Gasteiger partial charge in [-0.05, 0) is 49.2 Å². The smallest absolute Gasteiger partial charge is 0.307 e. The number of hydrogen-bond acceptors (Lipinski definition) is 6. The molecule has 0 N–H and O–H groups in total. The molecule has 4 rings (SSSR count). The van der Waals surface area contributed by atoms with E-state index >= 15 is 0 Å². The van der Waals surface area contributed by atoms with Crippen LogP contribution in [-0.2, 0) is 19.0 Å². The Labute approximate surface area is 171 Å². The average molecular weight is 394 g/mol. The fourth-order valence-corrected chi connectivity index (χ4v) is 3.78. The summed E-state index contributed by atoms with van der Waals surface area (Å²) in [7, 11) is 0. The molecule has 2 heterocycles. The van der Waals surface area contributed by atoms with Crippen molar-refractivity contribution in [1.29, 1.82) is 5.26 Å². The summed E-state index contributed by atoms with van der Waals surface area (Å²) < 4.78 is 16.3. The molecule has 6 heteroatoms. The zero-order chi connectivity index (χ0) is 20.4. The number of hydrogen-bond donors (Lipinski definition) is 0. The molecule has 2 unspecified atom stereocenters. The van der Waals surface area contributed by atoms with Crippen LogP contribution in [-0.4, -0.2) is 44.0 Å². The van der Waals surface area contributed by atoms with Crippen LogP contribution in [0.2, 0.25) is 0 Å². The molecule has 0 amide bonds. The Morgan fingerprint density at radius 3 is 2.62 bits per heavy atom. The van der Waals surface area contributed by atoms with Crippen LogP contribution >= 0.6 is 0 Å². The van der Waals surface area contributed by atoms with Crippen molar-refractivity contribution >= 4 is 22.4 Å². The Bertz CT molecular complexity index is 944. The van der Waals surface area contributed by atoms with Crippen LogP contribution in [0.25, 0.3) is 10.8 Å². The summed E-state index contributed by atoms with van der Waals surface area (Å²) in [6, 6.07) is 14.1. The first kappa shape index (κ1) is 19.7. The van der Waals surface area contributed by atoms with Crippen molar-refractivity contribution in [3.05, 3.63) is 42.0 Å². The molecular weight excluding hydrogens is 368 g/mol. The van der Waals surface area contributed by atoms with Crippen LogP contribution in [0.5, 0.6) is 0 Å². The minimum Gasteiger partial charge on any atom is -0.442 e. The SMILES string of the molecule is CC1(C)OC1CCC(=O)OC(C#N)c1ccc2cc(N3CCOCC3)ccc2c1. The Hall–Kier alpha value is -2.62. The van der Waals surface area contributed by atoms with Crippen molar-refractivity contribution in [3.8, 4) is 6.07 Å². The summed E-state index contributed by atoms with van der Waals surface area (Å²) >= 11 is 0. The molecule has 2 aliphatic rings. The van der Waals surface area contributed by atoms with E-state index in [1.165, 1.54) is 5.69 Å². The van der Waals surface area contributed by atoms with E-state index in [1.807, 2.05) is 38.1 Å². The Morgan fingerprint density at radius 1 is 1.24 bits per heavy atom. The van der Waals surface area contributed by atoms with Gasteiger partial charge in [-0.2, -0.15) is 5.26 Å². The highest BCUT2D eigenvalue weighted by molar-refractivity contribution is 5.86. The number of fused-ring (bicyclic) bond motifs is 1. The number of anilines is 1. The molecular formula is C23H26N2O4. The minimum absolute atomic E-state index is 0.0944. The van der Waals surface area contributed by atoms with Crippen LogP contribution in [0.4, 0.5) is 5.69 Å². The van der Waals surface area contributed by atoms with Crippen molar-refractivity contribution in [3.63, 3.8) is 0 Å². The third-order valence-corrected chi connectivity index (χ3v) is 5.67. The lowest BCUT2D eigenvalue weighted by Gasteiger charge is -2.29. The molecule has 2 aliphatic heterocycles. The Morgan fingerprint density at radius 2 is 1.93 bits per heavy atom. The minimum atomic E-state index is -0.904. The maximum Gasteiger partial charge on any atom is 0.307 e. The second-order valence-corrected chi connectivity index (χ2v) is 8.14. The van der Waals surface area contributed by atoms with Crippen LogP contribution < -0.4 is 4.90 Å². The molecule has 2 fully saturated rings. The number of epoxide rings is 1. The molecule has 0 aliphatic carbocycles. The van der Waals surface area contributed by atoms with E-state index in [4.69, 9.17) is 14.2 Å². The number of esters is 1. The lowest BCUT2D eigenvalue weighted by Crippen LogP contribution is -2.36. The van der Waals surface area contributed by atoms with Crippen LogP contribution in [0.3, 0.4) is 0 Å². The van der Waals surface area contributed by atoms with Crippen molar-refractivity contribution < 1.29 is 19.0 Å². The summed E-state index contributed by atoms with van der Waals surface area (Å²) in [4.78, 5) is 14.5. The highest BCUT2D eigenvalue weighted by atomic mass is 16.6. The van der Waals surface area contributed by atoms with Crippen molar-refractivity contribution in [1.82, 2.24) is 0 Å². The Kier molecular flexibility index (Phi) is 5.44. The standard InChI is InChI=1S/C23H26N2O4/c1-23(2)21(29-23)7-8-22(26)28-20(15-24)18-4-3-17-14-19(6-5-16(17)13-18)25-9-11-27-12-10-25/h3-6,13-14,20-21H,7-12H2,1-2H3. The molecule has 6 nitrogen and oxygen atoms in total. The predicted octanol–water partition coefficient (Wildman–Crippen LogP) is 3.74. The first-order valence-electron chi connectivity index (χ1n) is 10.1. The Balaban J connectivity index is 1.43. The van der Waals surface area contributed by atoms with Crippen molar-refractivity contribution in [2.24, 2.45) is 0 Å². The van der Waals surface area contributed by atoms with Gasteiger partial charge in [0.25, 0.3) is 0 Å². The topological polar surface area (TPSA) is 75.1 Å². The van der Waals surface area contributed by atoms with Gasteiger partial charge in [0.05, 0.1) is 24.9 Å². The number of nitriles is 1. The largest absolute Gasteiger partial charge is 0.442 e. The third-order valence-electron chi connectivity index (χ3n) is 5.67. The van der Waals surface area contributed by atoms with Crippen LogP contribution in [0.1, 0.15) is 38.4 Å². The highest BCUT2D eigenvalue weighted by Crippen LogP contribution is 2.38. The van der Waals surface area contributed by atoms with Gasteiger partial charge in [0.2, 0.25) is 6.10 Å². The van der Waals surface area contributed by atoms with Gasteiger partial charge in [-0.15, -0.1) is 0 Å². The molecule has 2 aromatic carbocycles. The number of benzene rings is 2. The zero-order valence-electron chi connectivity index (χ0n) is 16.9. The van der Waals surface area contributed by atoms with Gasteiger partial charge >= 0.3 is 5.97 Å². The quantitative estimate of drug-likeness (QED) is 0.549. The number of carbonyl (C=O) groups is 1. The van der Waals surface area contributed by atoms with E-state index in [2.05, 4.69) is 23.1 Å². The van der Waals surface area contributed by atoms with Gasteiger partial charge in [0.15, 0.2) is 0 Å². The van der Waals surface area contributed by atoms with E-state index in [-0.39, 0.29) is 24.1 Å². The average Bonchev–Trinajstić information content (AvgIpc) is 3.36. The number of rotatable bonds is 6. The van der Waals surface area contributed by atoms with Crippen LogP contribution in [0, 0.1) is 11.3 Å². The lowest BCUT2D eigenvalue weighted by atomic mass is 10.0. The number of nitrogens with zero attached hydrogens (tertiary/aromatic N) is 2. The molecule has 0 bridgehead atoms. The van der Waals surface area contributed by atoms with E-state index in [9.17, 15) is 10.1 Å². The fraction of sp³-hybridized carbons (Fsp3) is 0.478. The molecule has 2 aromatic rings. The van der Waals surface area contributed by atoms with E-state index in [0.29, 0.717) is 12.0 Å². The van der Waals surface area contributed by atoms with Gasteiger partial charge in [0.1, 0.15) is 6.07 Å². The van der Waals surface area contributed by atoms with E-state index in [0.717, 1.165) is 37.1 Å². The summed E-state index contributed by atoms with van der Waals surface area (Å²) in [5.41, 5.74) is 1.71. The predicted molar refractivity (Wildman–Crippen MR) is 110 cm³/mol. The van der Waals surface area contributed by atoms with Gasteiger partial charge < -0.3 is 19.1 Å². The number of carbonyl (C=O) groups excluding carboxylic acids is 1. The molecule has 2 saturated heterocycles. The van der Waals surface area contributed by atoms with Gasteiger partial charge in [-0.1, -0.05) is 18.2 Å². The normalized spacial score (nSPS) is 21.4. The summed E-state index contributed by atoms with van der Waals surface area (Å²) in [5.74, 6) is -0.370. The maximum atomic E-state index is 12.2. The van der Waals surface area contributed by atoms with Crippen molar-refractivity contribution in [2.75, 3.05) is 31.2 Å². The molecule has 0 aromatic heterocycles. The van der Waals surface area contributed by atoms with Crippen molar-refractivity contribution in [2.45, 2.75) is 44.5 Å². The number of ether oxygens (including phenoxy) is 3. The summed E-state index contributed by atoms with van der Waals surface area (Å²) in [6.07, 6.45) is 0.0604. The second kappa shape index (κ2) is 8.02. The molecule has 0 saturated carbocycles. The maximum absolute atomic E-state index is 12.2. The molecule has 0 radical (unpaired) electrons. The lowest BCUT2D eigenvalue weighted by molar-refractivity contribution is -0.147. The first-order valence-corrected chi connectivity index (χ1v) is 10.1. The summed E-state index contributed by atoms with van der Waals surface area (Å²) in [5, 5.41) is 11.6. The number of morpholine rings is 1. The van der Waals surface area contributed by atoms with E-state index in [1.54, 1.807) is 0 Å². The molecule has 0 spiro atoms. The second-order valence-electron chi connectivity index (χ2n) is 8.14.